The van der Waals surface area contributed by atoms with E-state index in [1.54, 1.807) is 23.1 Å². The summed E-state index contributed by atoms with van der Waals surface area (Å²) >= 11 is 6.66. The van der Waals surface area contributed by atoms with E-state index >= 15 is 0 Å². The minimum absolute atomic E-state index is 0.521. The number of thiophene rings is 1. The molecule has 16 heavy (non-hydrogen) atoms. The molecule has 0 aliphatic heterocycles. The number of benzene rings is 1. The Morgan fingerprint density at radius 2 is 1.88 bits per heavy atom. The summed E-state index contributed by atoms with van der Waals surface area (Å²) in [5.41, 5.74) is 0.937. The summed E-state index contributed by atoms with van der Waals surface area (Å²) in [6, 6.07) is 11.9. The third kappa shape index (κ3) is 2.69. The van der Waals surface area contributed by atoms with Crippen molar-refractivity contribution in [2.75, 3.05) is 6.26 Å². The first kappa shape index (κ1) is 12.2. The summed E-state index contributed by atoms with van der Waals surface area (Å²) in [7, 11) is 0. The van der Waals surface area contributed by atoms with Crippen LogP contribution in [0, 0.1) is 0 Å². The van der Waals surface area contributed by atoms with Crippen molar-refractivity contribution in [1.82, 2.24) is 0 Å². The van der Waals surface area contributed by atoms with Crippen LogP contribution >= 0.6 is 39.0 Å². The zero-order valence-electron chi connectivity index (χ0n) is 8.68. The molecule has 1 N–H and O–H groups in total. The number of thioether (sulfide) groups is 1. The smallest absolute Gasteiger partial charge is 0.113 e. The van der Waals surface area contributed by atoms with E-state index in [4.69, 9.17) is 0 Å². The highest BCUT2D eigenvalue weighted by atomic mass is 79.9. The summed E-state index contributed by atoms with van der Waals surface area (Å²) in [6.45, 7) is 0. The van der Waals surface area contributed by atoms with Crippen molar-refractivity contribution in [3.05, 3.63) is 50.6 Å². The Balaban J connectivity index is 2.23. The lowest BCUT2D eigenvalue weighted by Gasteiger charge is -2.09. The molecule has 0 fully saturated rings. The Morgan fingerprint density at radius 3 is 2.38 bits per heavy atom. The third-order valence-electron chi connectivity index (χ3n) is 2.30. The fourth-order valence-electron chi connectivity index (χ4n) is 1.43. The molecule has 2 rings (SSSR count). The van der Waals surface area contributed by atoms with E-state index in [1.165, 1.54) is 4.90 Å². The Kier molecular flexibility index (Phi) is 4.08. The van der Waals surface area contributed by atoms with Crippen LogP contribution in [0.2, 0.25) is 0 Å². The number of aliphatic hydroxyl groups is 1. The molecule has 0 aliphatic rings. The SMILES string of the molecule is CSc1ccc(C(O)c2ccc(Br)s2)cc1. The summed E-state index contributed by atoms with van der Waals surface area (Å²) in [4.78, 5) is 2.17. The van der Waals surface area contributed by atoms with Crippen molar-refractivity contribution in [2.24, 2.45) is 0 Å². The van der Waals surface area contributed by atoms with E-state index in [0.717, 1.165) is 14.2 Å². The lowest BCUT2D eigenvalue weighted by molar-refractivity contribution is 0.224. The molecule has 1 aromatic heterocycles. The average molecular weight is 315 g/mol. The van der Waals surface area contributed by atoms with E-state index in [0.29, 0.717) is 0 Å². The zero-order chi connectivity index (χ0) is 11.5. The van der Waals surface area contributed by atoms with E-state index < -0.39 is 6.10 Å². The average Bonchev–Trinajstić information content (AvgIpc) is 2.75. The van der Waals surface area contributed by atoms with Gasteiger partial charge in [0.2, 0.25) is 0 Å². The van der Waals surface area contributed by atoms with Crippen molar-refractivity contribution in [2.45, 2.75) is 11.0 Å². The summed E-state index contributed by atoms with van der Waals surface area (Å²) in [6.07, 6.45) is 1.52. The molecule has 4 heteroatoms. The Morgan fingerprint density at radius 1 is 1.19 bits per heavy atom. The zero-order valence-corrected chi connectivity index (χ0v) is 11.9. The molecule has 1 heterocycles. The van der Waals surface area contributed by atoms with Gasteiger partial charge in [0.05, 0.1) is 3.79 Å². The van der Waals surface area contributed by atoms with Crippen molar-refractivity contribution in [3.8, 4) is 0 Å². The highest BCUT2D eigenvalue weighted by Crippen LogP contribution is 2.31. The largest absolute Gasteiger partial charge is 0.383 e. The first-order chi connectivity index (χ1) is 7.70. The van der Waals surface area contributed by atoms with E-state index in [9.17, 15) is 5.11 Å². The van der Waals surface area contributed by atoms with Gasteiger partial charge in [-0.1, -0.05) is 12.1 Å². The normalized spacial score (nSPS) is 12.7. The van der Waals surface area contributed by atoms with Gasteiger partial charge in [-0.15, -0.1) is 23.1 Å². The summed E-state index contributed by atoms with van der Waals surface area (Å²) in [5, 5.41) is 10.2. The lowest BCUT2D eigenvalue weighted by Crippen LogP contribution is -1.96. The predicted molar refractivity (Wildman–Crippen MR) is 74.3 cm³/mol. The second kappa shape index (κ2) is 5.36. The molecule has 0 saturated carbocycles. The second-order valence-corrected chi connectivity index (χ2v) is 6.69. The molecule has 2 aromatic rings. The van der Waals surface area contributed by atoms with Gasteiger partial charge in [0.25, 0.3) is 0 Å². The van der Waals surface area contributed by atoms with Crippen LogP contribution in [0.4, 0.5) is 0 Å². The molecular formula is C12H11BrOS2. The number of aliphatic hydroxyl groups excluding tert-OH is 1. The number of hydrogen-bond donors (Lipinski definition) is 1. The quantitative estimate of drug-likeness (QED) is 0.852. The van der Waals surface area contributed by atoms with Crippen LogP contribution in [-0.2, 0) is 0 Å². The lowest BCUT2D eigenvalue weighted by atomic mass is 10.1. The van der Waals surface area contributed by atoms with Crippen LogP contribution in [0.3, 0.4) is 0 Å². The van der Waals surface area contributed by atoms with Crippen molar-refractivity contribution < 1.29 is 5.11 Å². The van der Waals surface area contributed by atoms with Gasteiger partial charge in [0, 0.05) is 9.77 Å². The predicted octanol–water partition coefficient (Wildman–Crippen LogP) is 4.31. The van der Waals surface area contributed by atoms with Gasteiger partial charge in [-0.2, -0.15) is 0 Å². The molecule has 0 bridgehead atoms. The number of hydrogen-bond acceptors (Lipinski definition) is 3. The Hall–Kier alpha value is -0.290. The van der Waals surface area contributed by atoms with Gasteiger partial charge in [-0.25, -0.2) is 0 Å². The first-order valence-corrected chi connectivity index (χ1v) is 7.61. The van der Waals surface area contributed by atoms with E-state index in [1.807, 2.05) is 42.7 Å². The van der Waals surface area contributed by atoms with Gasteiger partial charge in [-0.05, 0) is 52.0 Å². The van der Waals surface area contributed by atoms with E-state index in [-0.39, 0.29) is 0 Å². The first-order valence-electron chi connectivity index (χ1n) is 4.78. The van der Waals surface area contributed by atoms with Crippen molar-refractivity contribution in [1.29, 1.82) is 0 Å². The summed E-state index contributed by atoms with van der Waals surface area (Å²) in [5.74, 6) is 0. The highest BCUT2D eigenvalue weighted by molar-refractivity contribution is 9.11. The van der Waals surface area contributed by atoms with Crippen LogP contribution in [0.25, 0.3) is 0 Å². The maximum Gasteiger partial charge on any atom is 0.113 e. The fourth-order valence-corrected chi connectivity index (χ4v) is 3.27. The van der Waals surface area contributed by atoms with Gasteiger partial charge in [0.1, 0.15) is 6.10 Å². The number of halogens is 1. The molecule has 1 nitrogen and oxygen atoms in total. The van der Waals surface area contributed by atoms with Crippen LogP contribution in [-0.4, -0.2) is 11.4 Å². The molecule has 1 unspecified atom stereocenters. The number of rotatable bonds is 3. The molecule has 0 amide bonds. The maximum absolute atomic E-state index is 10.2. The van der Waals surface area contributed by atoms with Gasteiger partial charge >= 0.3 is 0 Å². The molecule has 1 atom stereocenters. The standard InChI is InChI=1S/C12H11BrOS2/c1-15-9-4-2-8(3-5-9)12(14)10-6-7-11(13)16-10/h2-7,12,14H,1H3. The highest BCUT2D eigenvalue weighted by Gasteiger charge is 2.12. The van der Waals surface area contributed by atoms with Gasteiger partial charge < -0.3 is 5.11 Å². The van der Waals surface area contributed by atoms with Gasteiger partial charge in [0.15, 0.2) is 0 Å². The molecule has 1 aromatic carbocycles. The Bertz CT molecular complexity index is 464. The van der Waals surface area contributed by atoms with E-state index in [2.05, 4.69) is 15.9 Å². The Labute approximate surface area is 112 Å². The fraction of sp³-hybridized carbons (Fsp3) is 0.167. The monoisotopic (exact) mass is 314 g/mol. The summed E-state index contributed by atoms with van der Waals surface area (Å²) < 4.78 is 1.04. The van der Waals surface area contributed by atoms with Crippen molar-refractivity contribution in [3.63, 3.8) is 0 Å². The molecule has 0 aliphatic carbocycles. The molecule has 0 radical (unpaired) electrons. The minimum atomic E-state index is -0.521. The maximum atomic E-state index is 10.2. The minimum Gasteiger partial charge on any atom is -0.383 e. The van der Waals surface area contributed by atoms with Crippen molar-refractivity contribution >= 4 is 39.0 Å². The molecule has 84 valence electrons. The molecule has 0 saturated heterocycles. The topological polar surface area (TPSA) is 20.2 Å². The molecule has 0 spiro atoms. The third-order valence-corrected chi connectivity index (χ3v) is 4.71. The second-order valence-electron chi connectivity index (χ2n) is 3.32. The van der Waals surface area contributed by atoms with Crippen LogP contribution in [0.15, 0.2) is 45.1 Å². The van der Waals surface area contributed by atoms with Crippen LogP contribution in [0.5, 0.6) is 0 Å². The van der Waals surface area contributed by atoms with Crippen LogP contribution < -0.4 is 0 Å². The van der Waals surface area contributed by atoms with Crippen LogP contribution in [0.1, 0.15) is 16.5 Å². The van der Waals surface area contributed by atoms with Gasteiger partial charge in [-0.3, -0.25) is 0 Å². The molecular weight excluding hydrogens is 304 g/mol.